The molecule has 2 aromatic rings. The Morgan fingerprint density at radius 2 is 1.94 bits per heavy atom. The standard InChI is InChI=1S/C22H26N2O6S/c1-13-5-6-14(2)18(9-13)19(11-22(26)27)23-31(28,29)17-7-8-21-20(10-17)24(16(4)25)12-15(3)30-21/h5-10,15,19,23H,11-12H2,1-4H3,(H,26,27)/t15-,19-/m1/s1. The topological polar surface area (TPSA) is 113 Å². The molecule has 0 radical (unpaired) electrons. The van der Waals surface area contributed by atoms with Gasteiger partial charge in [-0.1, -0.05) is 23.8 Å². The number of aryl methyl sites for hydroxylation is 2. The zero-order valence-electron chi connectivity index (χ0n) is 17.9. The van der Waals surface area contributed by atoms with Gasteiger partial charge in [-0.3, -0.25) is 9.59 Å². The SMILES string of the molecule is CC(=O)N1C[C@@H](C)Oc2ccc(S(=O)(=O)N[C@H](CC(=O)O)c3cc(C)ccc3C)cc21. The molecule has 2 N–H and O–H groups in total. The van der Waals surface area contributed by atoms with E-state index in [0.29, 0.717) is 23.5 Å². The van der Waals surface area contributed by atoms with Crippen molar-refractivity contribution in [3.63, 3.8) is 0 Å². The van der Waals surface area contributed by atoms with Gasteiger partial charge in [0.15, 0.2) is 0 Å². The van der Waals surface area contributed by atoms with E-state index in [2.05, 4.69) is 4.72 Å². The molecule has 8 nitrogen and oxygen atoms in total. The molecule has 1 aliphatic heterocycles. The van der Waals surface area contributed by atoms with E-state index in [9.17, 15) is 23.1 Å². The molecule has 1 aliphatic rings. The molecule has 3 rings (SSSR count). The number of carboxylic acid groups (broad SMARTS) is 1. The first-order chi connectivity index (χ1) is 14.5. The number of rotatable bonds is 6. The number of hydrogen-bond acceptors (Lipinski definition) is 5. The number of aliphatic carboxylic acids is 1. The van der Waals surface area contributed by atoms with Crippen LogP contribution in [0, 0.1) is 13.8 Å². The summed E-state index contributed by atoms with van der Waals surface area (Å²) in [6.45, 7) is 7.20. The van der Waals surface area contributed by atoms with E-state index in [0.717, 1.165) is 11.1 Å². The van der Waals surface area contributed by atoms with E-state index < -0.39 is 28.5 Å². The number of anilines is 1. The summed E-state index contributed by atoms with van der Waals surface area (Å²) in [7, 11) is -4.09. The number of sulfonamides is 1. The number of carbonyl (C=O) groups excluding carboxylic acids is 1. The van der Waals surface area contributed by atoms with Gasteiger partial charge in [-0.2, -0.15) is 0 Å². The predicted octanol–water partition coefficient (Wildman–Crippen LogP) is 2.93. The summed E-state index contributed by atoms with van der Waals surface area (Å²) in [4.78, 5) is 24.9. The quantitative estimate of drug-likeness (QED) is 0.705. The second kappa shape index (κ2) is 8.68. The lowest BCUT2D eigenvalue weighted by Gasteiger charge is -2.33. The number of nitrogens with zero attached hydrogens (tertiary/aromatic N) is 1. The van der Waals surface area contributed by atoms with Crippen LogP contribution in [0.15, 0.2) is 41.3 Å². The van der Waals surface area contributed by atoms with Crippen LogP contribution < -0.4 is 14.4 Å². The van der Waals surface area contributed by atoms with Gasteiger partial charge in [-0.05, 0) is 50.1 Å². The van der Waals surface area contributed by atoms with Crippen LogP contribution in [0.5, 0.6) is 5.75 Å². The van der Waals surface area contributed by atoms with Gasteiger partial charge in [0.05, 0.1) is 29.6 Å². The zero-order valence-corrected chi connectivity index (χ0v) is 18.7. The minimum atomic E-state index is -4.09. The fourth-order valence-corrected chi connectivity index (χ4v) is 4.90. The van der Waals surface area contributed by atoms with E-state index in [-0.39, 0.29) is 16.9 Å². The van der Waals surface area contributed by atoms with E-state index in [4.69, 9.17) is 4.74 Å². The molecule has 31 heavy (non-hydrogen) atoms. The third kappa shape index (κ3) is 5.05. The van der Waals surface area contributed by atoms with Gasteiger partial charge < -0.3 is 14.7 Å². The molecule has 2 atom stereocenters. The summed E-state index contributed by atoms with van der Waals surface area (Å²) in [6.07, 6.45) is -0.629. The molecule has 0 aromatic heterocycles. The van der Waals surface area contributed by atoms with Gasteiger partial charge in [-0.15, -0.1) is 0 Å². The molecule has 0 unspecified atom stereocenters. The molecular formula is C22H26N2O6S. The van der Waals surface area contributed by atoms with Crippen molar-refractivity contribution in [2.75, 3.05) is 11.4 Å². The molecule has 9 heteroatoms. The van der Waals surface area contributed by atoms with Crippen molar-refractivity contribution in [1.29, 1.82) is 0 Å². The summed E-state index contributed by atoms with van der Waals surface area (Å²) in [5, 5.41) is 9.36. The van der Waals surface area contributed by atoms with Crippen LogP contribution >= 0.6 is 0 Å². The molecule has 0 bridgehead atoms. The second-order valence-electron chi connectivity index (χ2n) is 7.82. The highest BCUT2D eigenvalue weighted by Crippen LogP contribution is 2.36. The molecule has 1 heterocycles. The highest BCUT2D eigenvalue weighted by molar-refractivity contribution is 7.89. The third-order valence-electron chi connectivity index (χ3n) is 5.17. The van der Waals surface area contributed by atoms with Crippen molar-refractivity contribution in [2.45, 2.75) is 51.2 Å². The molecule has 166 valence electrons. The lowest BCUT2D eigenvalue weighted by molar-refractivity contribution is -0.137. The summed E-state index contributed by atoms with van der Waals surface area (Å²) in [5.41, 5.74) is 2.66. The second-order valence-corrected chi connectivity index (χ2v) is 9.53. The maximum Gasteiger partial charge on any atom is 0.305 e. The Morgan fingerprint density at radius 3 is 2.58 bits per heavy atom. The van der Waals surface area contributed by atoms with E-state index in [1.54, 1.807) is 13.0 Å². The number of ether oxygens (including phenoxy) is 1. The van der Waals surface area contributed by atoms with E-state index in [1.807, 2.05) is 26.0 Å². The largest absolute Gasteiger partial charge is 0.487 e. The maximum absolute atomic E-state index is 13.2. The third-order valence-corrected chi connectivity index (χ3v) is 6.64. The van der Waals surface area contributed by atoms with Crippen molar-refractivity contribution >= 4 is 27.6 Å². The fraction of sp³-hybridized carbons (Fsp3) is 0.364. The minimum absolute atomic E-state index is 0.0728. The summed E-state index contributed by atoms with van der Waals surface area (Å²) in [5.74, 6) is -0.924. The van der Waals surface area contributed by atoms with E-state index >= 15 is 0 Å². The van der Waals surface area contributed by atoms with Crippen LogP contribution in [0.3, 0.4) is 0 Å². The number of benzene rings is 2. The minimum Gasteiger partial charge on any atom is -0.487 e. The Hall–Kier alpha value is -2.91. The first-order valence-electron chi connectivity index (χ1n) is 9.88. The molecule has 1 amide bonds. The number of nitrogens with one attached hydrogen (secondary N) is 1. The van der Waals surface area contributed by atoms with Crippen molar-refractivity contribution in [3.8, 4) is 5.75 Å². The van der Waals surface area contributed by atoms with Crippen LogP contribution in [-0.4, -0.2) is 38.0 Å². The lowest BCUT2D eigenvalue weighted by atomic mass is 9.97. The Bertz CT molecular complexity index is 1130. The molecule has 0 aliphatic carbocycles. The molecule has 0 spiro atoms. The lowest BCUT2D eigenvalue weighted by Crippen LogP contribution is -2.41. The highest BCUT2D eigenvalue weighted by atomic mass is 32.2. The van der Waals surface area contributed by atoms with Crippen molar-refractivity contribution in [2.24, 2.45) is 0 Å². The van der Waals surface area contributed by atoms with Crippen LogP contribution in [-0.2, 0) is 19.6 Å². The number of fused-ring (bicyclic) bond motifs is 1. The summed E-state index contributed by atoms with van der Waals surface area (Å²) >= 11 is 0. The van der Waals surface area contributed by atoms with Crippen LogP contribution in [0.25, 0.3) is 0 Å². The van der Waals surface area contributed by atoms with Gasteiger partial charge in [0, 0.05) is 6.92 Å². The van der Waals surface area contributed by atoms with Crippen molar-refractivity contribution < 1.29 is 27.9 Å². The monoisotopic (exact) mass is 446 g/mol. The number of carbonyl (C=O) groups is 2. The van der Waals surface area contributed by atoms with Crippen LogP contribution in [0.4, 0.5) is 5.69 Å². The first kappa shape index (κ1) is 22.8. The van der Waals surface area contributed by atoms with Crippen molar-refractivity contribution in [3.05, 3.63) is 53.1 Å². The van der Waals surface area contributed by atoms with Gasteiger partial charge in [0.2, 0.25) is 15.9 Å². The zero-order chi connectivity index (χ0) is 22.9. The average Bonchev–Trinajstić information content (AvgIpc) is 2.67. The first-order valence-corrected chi connectivity index (χ1v) is 11.4. The average molecular weight is 447 g/mol. The van der Waals surface area contributed by atoms with Gasteiger partial charge in [-0.25, -0.2) is 13.1 Å². The molecule has 2 aromatic carbocycles. The van der Waals surface area contributed by atoms with E-state index in [1.165, 1.54) is 30.0 Å². The molecule has 0 saturated carbocycles. The maximum atomic E-state index is 13.2. The Kier molecular flexibility index (Phi) is 6.38. The van der Waals surface area contributed by atoms with Gasteiger partial charge in [0.25, 0.3) is 0 Å². The molecule has 0 saturated heterocycles. The smallest absolute Gasteiger partial charge is 0.305 e. The summed E-state index contributed by atoms with van der Waals surface area (Å²) < 4.78 is 34.6. The summed E-state index contributed by atoms with van der Waals surface area (Å²) in [6, 6.07) is 8.83. The predicted molar refractivity (Wildman–Crippen MR) is 116 cm³/mol. The molecule has 0 fully saturated rings. The number of carboxylic acids is 1. The number of hydrogen-bond donors (Lipinski definition) is 2. The van der Waals surface area contributed by atoms with Gasteiger partial charge in [0.1, 0.15) is 11.9 Å². The van der Waals surface area contributed by atoms with Crippen LogP contribution in [0.1, 0.15) is 43.0 Å². The Morgan fingerprint density at radius 1 is 1.23 bits per heavy atom. The van der Waals surface area contributed by atoms with Crippen molar-refractivity contribution in [1.82, 2.24) is 4.72 Å². The molecular weight excluding hydrogens is 420 g/mol. The fourth-order valence-electron chi connectivity index (χ4n) is 3.66. The highest BCUT2D eigenvalue weighted by Gasteiger charge is 2.30. The Labute approximate surface area is 181 Å². The number of amides is 1. The Balaban J connectivity index is 2.00. The van der Waals surface area contributed by atoms with Crippen LogP contribution in [0.2, 0.25) is 0 Å². The normalized spacial score (nSPS) is 16.9. The van der Waals surface area contributed by atoms with Gasteiger partial charge >= 0.3 is 5.97 Å².